The van der Waals surface area contributed by atoms with Crippen molar-refractivity contribution in [2.45, 2.75) is 0 Å². The largest absolute Gasteiger partial charge is 0.507 e. The van der Waals surface area contributed by atoms with E-state index >= 15 is 0 Å². The van der Waals surface area contributed by atoms with Crippen molar-refractivity contribution in [3.8, 4) is 5.75 Å². The molecule has 1 aromatic heterocycles. The first-order chi connectivity index (χ1) is 11.5. The molecule has 0 unspecified atom stereocenters. The number of non-ortho nitro benzene ring substituents is 1. The van der Waals surface area contributed by atoms with E-state index in [9.17, 15) is 24.8 Å². The molecule has 2 N–H and O–H groups in total. The molecule has 24 heavy (non-hydrogen) atoms. The fourth-order valence-electron chi connectivity index (χ4n) is 2.14. The smallest absolute Gasteiger partial charge is 0.349 e. The number of nitrogens with zero attached hydrogens (tertiary/aromatic N) is 3. The van der Waals surface area contributed by atoms with Crippen LogP contribution in [0.4, 0.5) is 5.69 Å². The normalized spacial score (nSPS) is 11.2. The van der Waals surface area contributed by atoms with Gasteiger partial charge in [-0.05, 0) is 18.2 Å². The van der Waals surface area contributed by atoms with E-state index in [-0.39, 0.29) is 22.4 Å². The lowest BCUT2D eigenvalue weighted by Gasteiger charge is -2.01. The van der Waals surface area contributed by atoms with Crippen LogP contribution in [0.1, 0.15) is 5.56 Å². The number of aromatic amines is 1. The molecule has 0 aliphatic rings. The zero-order valence-electron chi connectivity index (χ0n) is 12.0. The number of rotatable bonds is 3. The topological polar surface area (TPSA) is 131 Å². The summed E-state index contributed by atoms with van der Waals surface area (Å²) >= 11 is 0. The first kappa shape index (κ1) is 15.2. The van der Waals surface area contributed by atoms with E-state index in [1.807, 2.05) is 0 Å². The highest BCUT2D eigenvalue weighted by molar-refractivity contribution is 5.84. The Balaban J connectivity index is 2.12. The van der Waals surface area contributed by atoms with Crippen LogP contribution in [-0.4, -0.2) is 25.9 Å². The number of nitro groups is 1. The molecule has 9 heteroatoms. The standard InChI is InChI=1S/C15H10N4O5/c20-13-6-5-10(19(23)24)7-9(13)8-16-18-14(21)11-3-1-2-4-12(11)17-15(18)22/h1-8,20H,(H,17,22). The summed E-state index contributed by atoms with van der Waals surface area (Å²) in [6.45, 7) is 0. The lowest BCUT2D eigenvalue weighted by molar-refractivity contribution is -0.384. The molecule has 0 atom stereocenters. The maximum absolute atomic E-state index is 12.3. The molecule has 0 radical (unpaired) electrons. The van der Waals surface area contributed by atoms with Gasteiger partial charge in [0, 0.05) is 17.7 Å². The number of aromatic nitrogens is 2. The Morgan fingerprint density at radius 2 is 1.96 bits per heavy atom. The van der Waals surface area contributed by atoms with Crippen molar-refractivity contribution < 1.29 is 10.0 Å². The number of H-pyrrole nitrogens is 1. The number of para-hydroxylation sites is 1. The van der Waals surface area contributed by atoms with Crippen molar-refractivity contribution in [2.75, 3.05) is 0 Å². The Bertz CT molecular complexity index is 1100. The monoisotopic (exact) mass is 326 g/mol. The van der Waals surface area contributed by atoms with Crippen LogP contribution < -0.4 is 11.2 Å². The Morgan fingerprint density at radius 1 is 1.21 bits per heavy atom. The average molecular weight is 326 g/mol. The molecule has 3 rings (SSSR count). The summed E-state index contributed by atoms with van der Waals surface area (Å²) in [6.07, 6.45) is 1.01. The molecule has 0 bridgehead atoms. The highest BCUT2D eigenvalue weighted by Crippen LogP contribution is 2.21. The number of phenolic OH excluding ortho intramolecular Hbond substituents is 1. The van der Waals surface area contributed by atoms with Gasteiger partial charge in [0.15, 0.2) is 0 Å². The Hall–Kier alpha value is -3.75. The molecule has 0 aliphatic carbocycles. The van der Waals surface area contributed by atoms with E-state index in [2.05, 4.69) is 10.1 Å². The van der Waals surface area contributed by atoms with Crippen molar-refractivity contribution in [3.05, 3.63) is 79.0 Å². The number of fused-ring (bicyclic) bond motifs is 1. The van der Waals surface area contributed by atoms with Gasteiger partial charge in [-0.25, -0.2) is 4.79 Å². The molecule has 0 fully saturated rings. The minimum atomic E-state index is -0.764. The summed E-state index contributed by atoms with van der Waals surface area (Å²) in [5.74, 6) is -0.269. The molecule has 0 amide bonds. The molecule has 1 heterocycles. The highest BCUT2D eigenvalue weighted by Gasteiger charge is 2.10. The fraction of sp³-hybridized carbons (Fsp3) is 0. The number of aromatic hydroxyl groups is 1. The van der Waals surface area contributed by atoms with Crippen LogP contribution in [0.3, 0.4) is 0 Å². The lowest BCUT2D eigenvalue weighted by Crippen LogP contribution is -2.32. The second-order valence-electron chi connectivity index (χ2n) is 4.84. The van der Waals surface area contributed by atoms with E-state index in [0.717, 1.165) is 24.4 Å². The Kier molecular flexibility index (Phi) is 3.66. The van der Waals surface area contributed by atoms with Crippen LogP contribution in [0, 0.1) is 10.1 Å². The molecule has 0 saturated carbocycles. The van der Waals surface area contributed by atoms with Crippen molar-refractivity contribution in [1.82, 2.24) is 9.66 Å². The van der Waals surface area contributed by atoms with Crippen LogP contribution in [-0.2, 0) is 0 Å². The number of hydrogen-bond donors (Lipinski definition) is 2. The summed E-state index contributed by atoms with van der Waals surface area (Å²) in [7, 11) is 0. The van der Waals surface area contributed by atoms with Gasteiger partial charge in [0.1, 0.15) is 5.75 Å². The molecular formula is C15H10N4O5. The Labute approximate surface area is 133 Å². The first-order valence-electron chi connectivity index (χ1n) is 6.73. The van der Waals surface area contributed by atoms with Gasteiger partial charge in [-0.3, -0.25) is 14.9 Å². The molecule has 0 aliphatic heterocycles. The van der Waals surface area contributed by atoms with Crippen LogP contribution in [0.25, 0.3) is 10.9 Å². The fourth-order valence-corrected chi connectivity index (χ4v) is 2.14. The van der Waals surface area contributed by atoms with Gasteiger partial charge < -0.3 is 10.1 Å². The van der Waals surface area contributed by atoms with Gasteiger partial charge in [0.05, 0.1) is 22.0 Å². The minimum absolute atomic E-state index is 0.00339. The third-order valence-electron chi connectivity index (χ3n) is 3.32. The van der Waals surface area contributed by atoms with Gasteiger partial charge in [0.25, 0.3) is 11.2 Å². The summed E-state index contributed by atoms with van der Waals surface area (Å²) in [4.78, 5) is 36.9. The summed E-state index contributed by atoms with van der Waals surface area (Å²) < 4.78 is 0.584. The van der Waals surface area contributed by atoms with Crippen molar-refractivity contribution in [2.24, 2.45) is 5.10 Å². The summed E-state index contributed by atoms with van der Waals surface area (Å²) in [5.41, 5.74) is -1.29. The third kappa shape index (κ3) is 2.65. The van der Waals surface area contributed by atoms with Crippen LogP contribution in [0.15, 0.2) is 57.2 Å². The van der Waals surface area contributed by atoms with Crippen LogP contribution in [0.2, 0.25) is 0 Å². The van der Waals surface area contributed by atoms with Gasteiger partial charge in [-0.15, -0.1) is 4.68 Å². The third-order valence-corrected chi connectivity index (χ3v) is 3.32. The number of phenols is 1. The number of benzene rings is 2. The lowest BCUT2D eigenvalue weighted by atomic mass is 10.2. The highest BCUT2D eigenvalue weighted by atomic mass is 16.6. The van der Waals surface area contributed by atoms with Crippen molar-refractivity contribution >= 4 is 22.8 Å². The van der Waals surface area contributed by atoms with Gasteiger partial charge in [0.2, 0.25) is 0 Å². The molecule has 9 nitrogen and oxygen atoms in total. The minimum Gasteiger partial charge on any atom is -0.507 e. The Morgan fingerprint density at radius 3 is 2.71 bits per heavy atom. The van der Waals surface area contributed by atoms with Gasteiger partial charge in [-0.2, -0.15) is 5.10 Å². The molecular weight excluding hydrogens is 316 g/mol. The van der Waals surface area contributed by atoms with E-state index in [1.165, 1.54) is 6.07 Å². The van der Waals surface area contributed by atoms with Gasteiger partial charge >= 0.3 is 5.69 Å². The zero-order chi connectivity index (χ0) is 17.3. The summed E-state index contributed by atoms with van der Waals surface area (Å²) in [5, 5.41) is 24.5. The van der Waals surface area contributed by atoms with Crippen LogP contribution in [0.5, 0.6) is 5.75 Å². The quantitative estimate of drug-likeness (QED) is 0.424. The first-order valence-corrected chi connectivity index (χ1v) is 6.73. The zero-order valence-corrected chi connectivity index (χ0v) is 12.0. The SMILES string of the molecule is O=c1[nH]c2ccccc2c(=O)n1N=Cc1cc([N+](=O)[O-])ccc1O. The molecule has 2 aromatic carbocycles. The number of nitrogens with one attached hydrogen (secondary N) is 1. The van der Waals surface area contributed by atoms with E-state index < -0.39 is 16.2 Å². The second kappa shape index (κ2) is 5.80. The molecule has 0 spiro atoms. The molecule has 0 saturated heterocycles. The van der Waals surface area contributed by atoms with E-state index in [0.29, 0.717) is 10.2 Å². The van der Waals surface area contributed by atoms with Gasteiger partial charge in [-0.1, -0.05) is 12.1 Å². The number of nitro benzene ring substituents is 1. The predicted molar refractivity (Wildman–Crippen MR) is 86.6 cm³/mol. The van der Waals surface area contributed by atoms with E-state index in [4.69, 9.17) is 0 Å². The number of hydrogen-bond acceptors (Lipinski definition) is 6. The van der Waals surface area contributed by atoms with Crippen molar-refractivity contribution in [3.63, 3.8) is 0 Å². The molecule has 3 aromatic rings. The summed E-state index contributed by atoms with van der Waals surface area (Å²) in [6, 6.07) is 9.77. The maximum atomic E-state index is 12.3. The molecule has 120 valence electrons. The van der Waals surface area contributed by atoms with E-state index in [1.54, 1.807) is 18.2 Å². The average Bonchev–Trinajstić information content (AvgIpc) is 2.56. The predicted octanol–water partition coefficient (Wildman–Crippen LogP) is 1.19. The second-order valence-corrected chi connectivity index (χ2v) is 4.84. The van der Waals surface area contributed by atoms with Crippen molar-refractivity contribution in [1.29, 1.82) is 0 Å². The van der Waals surface area contributed by atoms with Crippen LogP contribution >= 0.6 is 0 Å². The maximum Gasteiger partial charge on any atom is 0.349 e.